The van der Waals surface area contributed by atoms with Crippen LogP contribution in [0, 0.1) is 12.8 Å². The molecule has 2 bridgehead atoms. The van der Waals surface area contributed by atoms with Crippen molar-refractivity contribution in [2.75, 3.05) is 40.3 Å². The van der Waals surface area contributed by atoms with Crippen molar-refractivity contribution in [1.82, 2.24) is 24.1 Å². The van der Waals surface area contributed by atoms with Gasteiger partial charge in [-0.1, -0.05) is 6.07 Å². The fourth-order valence-electron chi connectivity index (χ4n) is 4.40. The molecule has 5 rings (SSSR count). The van der Waals surface area contributed by atoms with E-state index in [9.17, 15) is 9.59 Å². The lowest BCUT2D eigenvalue weighted by Gasteiger charge is -2.36. The summed E-state index contributed by atoms with van der Waals surface area (Å²) < 4.78 is 1.89. The van der Waals surface area contributed by atoms with Crippen molar-refractivity contribution in [3.05, 3.63) is 35.8 Å². The number of carbonyl (C=O) groups is 2. The van der Waals surface area contributed by atoms with E-state index in [1.54, 1.807) is 19.0 Å². The van der Waals surface area contributed by atoms with Crippen LogP contribution in [0.1, 0.15) is 29.0 Å². The Bertz CT molecular complexity index is 874. The Morgan fingerprint density at radius 3 is 2.78 bits per heavy atom. The predicted octanol–water partition coefficient (Wildman–Crippen LogP) is 1.27. The Morgan fingerprint density at radius 2 is 2.00 bits per heavy atom. The number of aromatic nitrogens is 2. The van der Waals surface area contributed by atoms with Gasteiger partial charge in [0.05, 0.1) is 12.2 Å². The second-order valence-corrected chi connectivity index (χ2v) is 8.01. The van der Waals surface area contributed by atoms with Crippen LogP contribution in [0.25, 0.3) is 5.65 Å². The van der Waals surface area contributed by atoms with Gasteiger partial charge in [0.15, 0.2) is 0 Å². The zero-order valence-corrected chi connectivity index (χ0v) is 16.3. The molecule has 2 aromatic heterocycles. The number of rotatable bonds is 3. The van der Waals surface area contributed by atoms with Gasteiger partial charge in [-0.05, 0) is 37.8 Å². The van der Waals surface area contributed by atoms with Crippen molar-refractivity contribution in [2.24, 2.45) is 5.92 Å². The highest BCUT2D eigenvalue weighted by Crippen LogP contribution is 2.30. The van der Waals surface area contributed by atoms with Crippen LogP contribution in [-0.2, 0) is 4.79 Å². The lowest BCUT2D eigenvalue weighted by Crippen LogP contribution is -2.48. The molecule has 27 heavy (non-hydrogen) atoms. The van der Waals surface area contributed by atoms with Crippen molar-refractivity contribution in [3.8, 4) is 0 Å². The highest BCUT2D eigenvalue weighted by molar-refractivity contribution is 5.95. The molecule has 2 aromatic rings. The largest absolute Gasteiger partial charge is 0.348 e. The highest BCUT2D eigenvalue weighted by atomic mass is 16.2. The number of hydrogen-bond donors (Lipinski definition) is 0. The maximum Gasteiger partial charge on any atom is 0.273 e. The van der Waals surface area contributed by atoms with Crippen LogP contribution in [0.3, 0.4) is 0 Å². The van der Waals surface area contributed by atoms with Gasteiger partial charge in [0.1, 0.15) is 11.3 Å². The number of aryl methyl sites for hydroxylation is 1. The number of imidazole rings is 1. The SMILES string of the molecule is Cc1nc2ccccn2c1C(=O)N1C[C@H]2CC[C@@H]1CN(CC(=O)N(C)C)C2. The fraction of sp³-hybridized carbons (Fsp3) is 0.550. The van der Waals surface area contributed by atoms with E-state index in [0.29, 0.717) is 18.2 Å². The number of pyridine rings is 1. The van der Waals surface area contributed by atoms with E-state index in [-0.39, 0.29) is 17.9 Å². The number of piperidine rings is 1. The molecule has 3 aliphatic heterocycles. The van der Waals surface area contributed by atoms with Gasteiger partial charge in [-0.15, -0.1) is 0 Å². The summed E-state index contributed by atoms with van der Waals surface area (Å²) in [5.41, 5.74) is 2.23. The molecule has 0 N–H and O–H groups in total. The number of hydrogen-bond acceptors (Lipinski definition) is 4. The molecule has 0 aromatic carbocycles. The average Bonchev–Trinajstić information content (AvgIpc) is 2.76. The molecule has 3 saturated heterocycles. The second-order valence-electron chi connectivity index (χ2n) is 8.01. The third-order valence-electron chi connectivity index (χ3n) is 5.81. The number of nitrogens with zero attached hydrogens (tertiary/aromatic N) is 5. The van der Waals surface area contributed by atoms with Crippen molar-refractivity contribution in [1.29, 1.82) is 0 Å². The van der Waals surface area contributed by atoms with Crippen molar-refractivity contribution >= 4 is 17.5 Å². The highest BCUT2D eigenvalue weighted by Gasteiger charge is 2.39. The Morgan fingerprint density at radius 1 is 1.19 bits per heavy atom. The Balaban J connectivity index is 1.58. The maximum atomic E-state index is 13.4. The van der Waals surface area contributed by atoms with Gasteiger partial charge in [-0.3, -0.25) is 18.9 Å². The first-order valence-electron chi connectivity index (χ1n) is 9.61. The van der Waals surface area contributed by atoms with E-state index in [0.717, 1.165) is 43.8 Å². The molecule has 0 unspecified atom stereocenters. The van der Waals surface area contributed by atoms with Crippen molar-refractivity contribution in [3.63, 3.8) is 0 Å². The molecule has 0 aliphatic carbocycles. The molecule has 0 saturated carbocycles. The van der Waals surface area contributed by atoms with Gasteiger partial charge in [-0.2, -0.15) is 0 Å². The fourth-order valence-corrected chi connectivity index (χ4v) is 4.40. The summed E-state index contributed by atoms with van der Waals surface area (Å²) in [6.07, 6.45) is 4.02. The summed E-state index contributed by atoms with van der Waals surface area (Å²) in [6.45, 7) is 4.73. The van der Waals surface area contributed by atoms with Crippen molar-refractivity contribution in [2.45, 2.75) is 25.8 Å². The Kier molecular flexibility index (Phi) is 4.63. The Labute approximate surface area is 159 Å². The van der Waals surface area contributed by atoms with Gasteiger partial charge in [0.25, 0.3) is 5.91 Å². The molecule has 0 radical (unpaired) electrons. The molecule has 0 spiro atoms. The standard InChI is InChI=1S/C20H27N5O2/c1-14-19(24-9-5-4-6-17(24)21-14)20(27)25-11-15-7-8-16(25)12-23(10-15)13-18(26)22(2)3/h4-6,9,15-16H,7-8,10-13H2,1-3H3/t15-,16+/m0/s1. The molecule has 2 atom stereocenters. The molecular weight excluding hydrogens is 342 g/mol. The molecule has 144 valence electrons. The molecule has 7 nitrogen and oxygen atoms in total. The molecule has 2 amide bonds. The zero-order valence-electron chi connectivity index (χ0n) is 16.3. The van der Waals surface area contributed by atoms with Crippen LogP contribution >= 0.6 is 0 Å². The zero-order chi connectivity index (χ0) is 19.1. The Hall–Kier alpha value is -2.41. The van der Waals surface area contributed by atoms with E-state index < -0.39 is 0 Å². The molecular formula is C20H27N5O2. The smallest absolute Gasteiger partial charge is 0.273 e. The molecule has 3 fully saturated rings. The van der Waals surface area contributed by atoms with Crippen LogP contribution in [0.4, 0.5) is 0 Å². The average molecular weight is 369 g/mol. The lowest BCUT2D eigenvalue weighted by atomic mass is 9.94. The summed E-state index contributed by atoms with van der Waals surface area (Å²) in [6, 6.07) is 5.93. The monoisotopic (exact) mass is 369 g/mol. The van der Waals surface area contributed by atoms with Crippen LogP contribution in [0.2, 0.25) is 0 Å². The van der Waals surface area contributed by atoms with E-state index in [1.165, 1.54) is 0 Å². The van der Waals surface area contributed by atoms with E-state index in [4.69, 9.17) is 0 Å². The minimum atomic E-state index is 0.0571. The molecule has 3 aliphatic rings. The summed E-state index contributed by atoms with van der Waals surface area (Å²) in [7, 11) is 3.58. The molecule has 7 heteroatoms. The lowest BCUT2D eigenvalue weighted by molar-refractivity contribution is -0.129. The van der Waals surface area contributed by atoms with E-state index in [2.05, 4.69) is 9.88 Å². The number of fused-ring (bicyclic) bond motifs is 5. The normalized spacial score (nSPS) is 22.9. The van der Waals surface area contributed by atoms with Gasteiger partial charge in [0, 0.05) is 46.0 Å². The van der Waals surface area contributed by atoms with E-state index >= 15 is 0 Å². The van der Waals surface area contributed by atoms with Crippen LogP contribution in [0.5, 0.6) is 0 Å². The summed E-state index contributed by atoms with van der Waals surface area (Å²) in [5.74, 6) is 0.593. The number of carbonyl (C=O) groups excluding carboxylic acids is 2. The summed E-state index contributed by atoms with van der Waals surface area (Å²) in [4.78, 5) is 36.0. The van der Waals surface area contributed by atoms with Gasteiger partial charge >= 0.3 is 0 Å². The summed E-state index contributed by atoms with van der Waals surface area (Å²) >= 11 is 0. The topological polar surface area (TPSA) is 61.2 Å². The number of amides is 2. The molecule has 5 heterocycles. The van der Waals surface area contributed by atoms with Crippen LogP contribution in [-0.4, -0.2) is 82.2 Å². The van der Waals surface area contributed by atoms with E-state index in [1.807, 2.05) is 40.6 Å². The first-order chi connectivity index (χ1) is 12.9. The van der Waals surface area contributed by atoms with Crippen LogP contribution < -0.4 is 0 Å². The van der Waals surface area contributed by atoms with Crippen LogP contribution in [0.15, 0.2) is 24.4 Å². The first-order valence-corrected chi connectivity index (χ1v) is 9.61. The minimum absolute atomic E-state index is 0.0571. The second kappa shape index (κ2) is 6.96. The maximum absolute atomic E-state index is 13.4. The quantitative estimate of drug-likeness (QED) is 0.817. The predicted molar refractivity (Wildman–Crippen MR) is 103 cm³/mol. The third-order valence-corrected chi connectivity index (χ3v) is 5.81. The first kappa shape index (κ1) is 18.0. The van der Waals surface area contributed by atoms with Gasteiger partial charge < -0.3 is 9.80 Å². The number of likely N-dealkylation sites (N-methyl/N-ethyl adjacent to an activating group) is 1. The summed E-state index contributed by atoms with van der Waals surface area (Å²) in [5, 5.41) is 0. The van der Waals surface area contributed by atoms with Gasteiger partial charge in [0.2, 0.25) is 5.91 Å². The van der Waals surface area contributed by atoms with Crippen molar-refractivity contribution < 1.29 is 9.59 Å². The minimum Gasteiger partial charge on any atom is -0.348 e. The van der Waals surface area contributed by atoms with Gasteiger partial charge in [-0.25, -0.2) is 4.98 Å². The third kappa shape index (κ3) is 3.32.